The highest BCUT2D eigenvalue weighted by Crippen LogP contribution is 2.19. The van der Waals surface area contributed by atoms with Gasteiger partial charge in [-0.2, -0.15) is 0 Å². The standard InChI is InChI=1S/C8H6BrClN2/c1-5-8(10)12-4-6(9)2-3-7(12)11-5/h2-4H,1H3. The predicted octanol–water partition coefficient (Wildman–Crippen LogP) is 3.06. The molecule has 2 nitrogen and oxygen atoms in total. The topological polar surface area (TPSA) is 17.3 Å². The SMILES string of the molecule is Cc1nc2ccc(Br)cn2c1Cl. The minimum atomic E-state index is 0.673. The summed E-state index contributed by atoms with van der Waals surface area (Å²) in [5.74, 6) is 0. The van der Waals surface area contributed by atoms with Gasteiger partial charge in [0.1, 0.15) is 10.8 Å². The number of halogens is 2. The summed E-state index contributed by atoms with van der Waals surface area (Å²) in [5, 5.41) is 0.673. The molecule has 0 spiro atoms. The van der Waals surface area contributed by atoms with Crippen molar-refractivity contribution in [3.63, 3.8) is 0 Å². The van der Waals surface area contributed by atoms with Crippen molar-refractivity contribution >= 4 is 33.2 Å². The van der Waals surface area contributed by atoms with Gasteiger partial charge in [0.25, 0.3) is 0 Å². The fourth-order valence-electron chi connectivity index (χ4n) is 1.11. The van der Waals surface area contributed by atoms with Gasteiger partial charge in [-0.05, 0) is 35.0 Å². The van der Waals surface area contributed by atoms with E-state index in [0.717, 1.165) is 15.8 Å². The third-order valence-electron chi connectivity index (χ3n) is 1.68. The molecule has 0 N–H and O–H groups in total. The Hall–Kier alpha value is -0.540. The number of rotatable bonds is 0. The lowest BCUT2D eigenvalue weighted by Gasteiger charge is -1.94. The number of aromatic nitrogens is 2. The van der Waals surface area contributed by atoms with Crippen LogP contribution in [0.3, 0.4) is 0 Å². The van der Waals surface area contributed by atoms with E-state index in [2.05, 4.69) is 20.9 Å². The molecule has 4 heteroatoms. The summed E-state index contributed by atoms with van der Waals surface area (Å²) >= 11 is 9.36. The molecular weight excluding hydrogens is 239 g/mol. The molecule has 12 heavy (non-hydrogen) atoms. The second-order valence-electron chi connectivity index (χ2n) is 2.56. The predicted molar refractivity (Wildman–Crippen MR) is 52.6 cm³/mol. The molecule has 2 heterocycles. The average Bonchev–Trinajstić information content (AvgIpc) is 2.31. The Kier molecular flexibility index (Phi) is 1.85. The fourth-order valence-corrected chi connectivity index (χ4v) is 1.62. The number of hydrogen-bond donors (Lipinski definition) is 0. The zero-order chi connectivity index (χ0) is 8.72. The molecule has 0 radical (unpaired) electrons. The van der Waals surface area contributed by atoms with Crippen LogP contribution in [0.4, 0.5) is 0 Å². The molecule has 0 fully saturated rings. The van der Waals surface area contributed by atoms with Crippen molar-refractivity contribution in [2.45, 2.75) is 6.92 Å². The van der Waals surface area contributed by atoms with Crippen LogP contribution in [0, 0.1) is 6.92 Å². The third-order valence-corrected chi connectivity index (χ3v) is 2.61. The lowest BCUT2D eigenvalue weighted by Crippen LogP contribution is -1.82. The Balaban J connectivity index is 2.88. The summed E-state index contributed by atoms with van der Waals surface area (Å²) in [6.07, 6.45) is 1.90. The summed E-state index contributed by atoms with van der Waals surface area (Å²) in [7, 11) is 0. The first-order chi connectivity index (χ1) is 5.68. The van der Waals surface area contributed by atoms with Crippen molar-refractivity contribution < 1.29 is 0 Å². The van der Waals surface area contributed by atoms with Crippen LogP contribution in [-0.4, -0.2) is 9.38 Å². The molecule has 0 saturated carbocycles. The zero-order valence-electron chi connectivity index (χ0n) is 6.38. The van der Waals surface area contributed by atoms with Crippen molar-refractivity contribution in [3.8, 4) is 0 Å². The molecule has 0 unspecified atom stereocenters. The summed E-state index contributed by atoms with van der Waals surface area (Å²) < 4.78 is 2.84. The van der Waals surface area contributed by atoms with Crippen LogP contribution < -0.4 is 0 Å². The van der Waals surface area contributed by atoms with Gasteiger partial charge in [-0.1, -0.05) is 11.6 Å². The third kappa shape index (κ3) is 1.13. The molecular formula is C8H6BrClN2. The van der Waals surface area contributed by atoms with Gasteiger partial charge in [-0.3, -0.25) is 4.40 Å². The Morgan fingerprint density at radius 3 is 3.00 bits per heavy atom. The minimum Gasteiger partial charge on any atom is -0.289 e. The molecule has 0 aliphatic carbocycles. The number of aryl methyl sites for hydroxylation is 1. The molecule has 0 aliphatic rings. The maximum absolute atomic E-state index is 5.99. The van der Waals surface area contributed by atoms with E-state index in [4.69, 9.17) is 11.6 Å². The van der Waals surface area contributed by atoms with Crippen LogP contribution in [0.25, 0.3) is 5.65 Å². The molecule has 0 amide bonds. The fraction of sp³-hybridized carbons (Fsp3) is 0.125. The molecule has 2 rings (SSSR count). The normalized spacial score (nSPS) is 10.9. The van der Waals surface area contributed by atoms with Crippen molar-refractivity contribution in [3.05, 3.63) is 33.6 Å². The highest BCUT2D eigenvalue weighted by molar-refractivity contribution is 9.10. The summed E-state index contributed by atoms with van der Waals surface area (Å²) in [4.78, 5) is 4.26. The van der Waals surface area contributed by atoms with Gasteiger partial charge in [0.05, 0.1) is 5.69 Å². The summed E-state index contributed by atoms with van der Waals surface area (Å²) in [6.45, 7) is 1.89. The van der Waals surface area contributed by atoms with E-state index >= 15 is 0 Å². The Morgan fingerprint density at radius 1 is 1.50 bits per heavy atom. The Bertz CT molecular complexity index is 436. The average molecular weight is 246 g/mol. The van der Waals surface area contributed by atoms with E-state index in [-0.39, 0.29) is 0 Å². The second kappa shape index (κ2) is 2.75. The Labute approximate surface area is 83.3 Å². The highest BCUT2D eigenvalue weighted by Gasteiger charge is 2.04. The van der Waals surface area contributed by atoms with Crippen molar-refractivity contribution in [2.24, 2.45) is 0 Å². The van der Waals surface area contributed by atoms with Crippen LogP contribution in [-0.2, 0) is 0 Å². The maximum Gasteiger partial charge on any atom is 0.138 e. The summed E-state index contributed by atoms with van der Waals surface area (Å²) in [5.41, 5.74) is 1.73. The van der Waals surface area contributed by atoms with Crippen LogP contribution in [0.2, 0.25) is 5.15 Å². The highest BCUT2D eigenvalue weighted by atomic mass is 79.9. The monoisotopic (exact) mass is 244 g/mol. The molecule has 0 saturated heterocycles. The van der Waals surface area contributed by atoms with Crippen LogP contribution >= 0.6 is 27.5 Å². The molecule has 0 atom stereocenters. The first-order valence-electron chi connectivity index (χ1n) is 3.48. The van der Waals surface area contributed by atoms with Crippen molar-refractivity contribution in [1.82, 2.24) is 9.38 Å². The minimum absolute atomic E-state index is 0.673. The van der Waals surface area contributed by atoms with Crippen molar-refractivity contribution in [2.75, 3.05) is 0 Å². The second-order valence-corrected chi connectivity index (χ2v) is 3.84. The van der Waals surface area contributed by atoms with Crippen molar-refractivity contribution in [1.29, 1.82) is 0 Å². The van der Waals surface area contributed by atoms with Gasteiger partial charge in [0, 0.05) is 10.7 Å². The number of nitrogens with zero attached hydrogens (tertiary/aromatic N) is 2. The van der Waals surface area contributed by atoms with Gasteiger partial charge in [0.2, 0.25) is 0 Å². The molecule has 2 aromatic heterocycles. The Morgan fingerprint density at radius 2 is 2.25 bits per heavy atom. The number of hydrogen-bond acceptors (Lipinski definition) is 1. The molecule has 62 valence electrons. The van der Waals surface area contributed by atoms with E-state index in [1.807, 2.05) is 29.7 Å². The molecule has 0 aliphatic heterocycles. The van der Waals surface area contributed by atoms with E-state index in [1.54, 1.807) is 0 Å². The van der Waals surface area contributed by atoms with E-state index in [9.17, 15) is 0 Å². The van der Waals surface area contributed by atoms with Crippen LogP contribution in [0.1, 0.15) is 5.69 Å². The molecule has 0 bridgehead atoms. The van der Waals surface area contributed by atoms with Crippen LogP contribution in [0.15, 0.2) is 22.8 Å². The van der Waals surface area contributed by atoms with Gasteiger partial charge in [-0.25, -0.2) is 4.98 Å². The maximum atomic E-state index is 5.99. The number of pyridine rings is 1. The van der Waals surface area contributed by atoms with Gasteiger partial charge < -0.3 is 0 Å². The molecule has 2 aromatic rings. The quantitative estimate of drug-likeness (QED) is 0.697. The largest absolute Gasteiger partial charge is 0.289 e. The van der Waals surface area contributed by atoms with Gasteiger partial charge in [-0.15, -0.1) is 0 Å². The lowest BCUT2D eigenvalue weighted by atomic mass is 10.5. The first-order valence-corrected chi connectivity index (χ1v) is 4.65. The van der Waals surface area contributed by atoms with Gasteiger partial charge >= 0.3 is 0 Å². The van der Waals surface area contributed by atoms with E-state index in [0.29, 0.717) is 5.15 Å². The first kappa shape index (κ1) is 8.08. The zero-order valence-corrected chi connectivity index (χ0v) is 8.72. The van der Waals surface area contributed by atoms with Crippen LogP contribution in [0.5, 0.6) is 0 Å². The summed E-state index contributed by atoms with van der Waals surface area (Å²) in [6, 6.07) is 3.86. The van der Waals surface area contributed by atoms with E-state index < -0.39 is 0 Å². The smallest absolute Gasteiger partial charge is 0.138 e. The van der Waals surface area contributed by atoms with E-state index in [1.165, 1.54) is 0 Å². The number of fused-ring (bicyclic) bond motifs is 1. The molecule has 0 aromatic carbocycles. The number of imidazole rings is 1. The lowest BCUT2D eigenvalue weighted by molar-refractivity contribution is 1.17. The van der Waals surface area contributed by atoms with Gasteiger partial charge in [0.15, 0.2) is 0 Å².